The number of carbonyl (C=O) groups is 5. The van der Waals surface area contributed by atoms with E-state index in [0.29, 0.717) is 52.2 Å². The average Bonchev–Trinajstić information content (AvgIpc) is 2.99. The second kappa shape index (κ2) is 22.3. The third kappa shape index (κ3) is 14.2. The summed E-state index contributed by atoms with van der Waals surface area (Å²) in [6.45, 7) is 2.61. The summed E-state index contributed by atoms with van der Waals surface area (Å²) in [4.78, 5) is 61.5. The molecule has 230 valence electrons. The van der Waals surface area contributed by atoms with Crippen LogP contribution in [0.4, 0.5) is 0 Å². The highest BCUT2D eigenvalue weighted by molar-refractivity contribution is 6.05. The van der Waals surface area contributed by atoms with Gasteiger partial charge in [-0.15, -0.1) is 0 Å². The molecule has 0 aromatic heterocycles. The van der Waals surface area contributed by atoms with Crippen LogP contribution in [-0.4, -0.2) is 133 Å². The fourth-order valence-electron chi connectivity index (χ4n) is 3.49. The van der Waals surface area contributed by atoms with Crippen LogP contribution in [0.3, 0.4) is 0 Å². The first-order valence-corrected chi connectivity index (χ1v) is 13.2. The van der Waals surface area contributed by atoms with Crippen LogP contribution in [0.5, 0.6) is 5.75 Å². The second-order valence-electron chi connectivity index (χ2n) is 8.44. The van der Waals surface area contributed by atoms with E-state index in [1.165, 1.54) is 32.3 Å². The van der Waals surface area contributed by atoms with Crippen LogP contribution in [0.1, 0.15) is 33.6 Å². The summed E-state index contributed by atoms with van der Waals surface area (Å²) in [6.07, 6.45) is 1.29. The molecule has 0 spiro atoms. The minimum Gasteiger partial charge on any atom is -0.483 e. The van der Waals surface area contributed by atoms with Crippen LogP contribution in [0.2, 0.25) is 0 Å². The van der Waals surface area contributed by atoms with Crippen LogP contribution in [0, 0.1) is 0 Å². The van der Waals surface area contributed by atoms with Gasteiger partial charge in [-0.05, 0) is 12.5 Å². The van der Waals surface area contributed by atoms with E-state index >= 15 is 0 Å². The van der Waals surface area contributed by atoms with E-state index in [9.17, 15) is 24.0 Å². The van der Waals surface area contributed by atoms with Gasteiger partial charge in [-0.2, -0.15) is 0 Å². The normalized spacial score (nSPS) is 11.4. The average molecular weight is 584 g/mol. The quantitative estimate of drug-likeness (QED) is 0.103. The second-order valence-corrected chi connectivity index (χ2v) is 8.44. The van der Waals surface area contributed by atoms with Gasteiger partial charge in [0.2, 0.25) is 5.91 Å². The third-order valence-corrected chi connectivity index (χ3v) is 5.57. The molecule has 14 nitrogen and oxygen atoms in total. The number of aliphatic hydroxyl groups is 1. The molecule has 41 heavy (non-hydrogen) atoms. The van der Waals surface area contributed by atoms with E-state index in [0.717, 1.165) is 4.90 Å². The van der Waals surface area contributed by atoms with Crippen LogP contribution >= 0.6 is 0 Å². The van der Waals surface area contributed by atoms with Gasteiger partial charge in [0.05, 0.1) is 65.0 Å². The molecule has 1 aromatic rings. The number of amides is 3. The number of carbonyl (C=O) groups excluding carboxylic acids is 5. The van der Waals surface area contributed by atoms with Gasteiger partial charge in [0.15, 0.2) is 12.9 Å². The van der Waals surface area contributed by atoms with Crippen molar-refractivity contribution in [1.82, 2.24) is 15.5 Å². The largest absolute Gasteiger partial charge is 0.483 e. The topological polar surface area (TPSA) is 179 Å². The Morgan fingerprint density at radius 3 is 2.12 bits per heavy atom. The first kappa shape index (κ1) is 35.6. The maximum atomic E-state index is 13.3. The molecule has 1 unspecified atom stereocenters. The third-order valence-electron chi connectivity index (χ3n) is 5.57. The predicted octanol–water partition coefficient (Wildman–Crippen LogP) is -0.781. The summed E-state index contributed by atoms with van der Waals surface area (Å²) in [7, 11) is 2.81. The van der Waals surface area contributed by atoms with Gasteiger partial charge < -0.3 is 49.1 Å². The van der Waals surface area contributed by atoms with Gasteiger partial charge in [-0.25, -0.2) is 0 Å². The number of benzene rings is 1. The number of aldehydes is 2. The minimum atomic E-state index is -0.949. The Labute approximate surface area is 239 Å². The molecule has 0 aliphatic carbocycles. The van der Waals surface area contributed by atoms with Crippen molar-refractivity contribution in [3.8, 4) is 5.75 Å². The highest BCUT2D eigenvalue weighted by Gasteiger charge is 2.30. The number of ether oxygens (including phenoxy) is 5. The van der Waals surface area contributed by atoms with Crippen molar-refractivity contribution < 1.29 is 52.8 Å². The molecule has 0 heterocycles. The van der Waals surface area contributed by atoms with Gasteiger partial charge in [0.25, 0.3) is 11.8 Å². The molecule has 0 aliphatic heterocycles. The smallest absolute Gasteiger partial charge is 0.258 e. The Morgan fingerprint density at radius 2 is 1.56 bits per heavy atom. The molecule has 0 saturated heterocycles. The first-order valence-electron chi connectivity index (χ1n) is 13.2. The summed E-state index contributed by atoms with van der Waals surface area (Å²) in [6, 6.07) is 3.42. The van der Waals surface area contributed by atoms with E-state index in [-0.39, 0.29) is 56.1 Å². The standard InChI is InChI=1S/C27H41N3O11/c1-28-26(35)22(6-4-9-31)30(2)27(36)25-21(19-33)5-3-7-23(25)41-20-24(34)29-8-11-37-13-15-39-17-18-40-16-14-38-12-10-32/h3,5,7,9,19,22,32H,4,6,8,10-18,20H2,1-2H3,(H,28,35)(H,29,34). The van der Waals surface area contributed by atoms with E-state index in [4.69, 9.17) is 28.8 Å². The number of aliphatic hydroxyl groups excluding tert-OH is 1. The number of rotatable bonds is 24. The molecule has 0 fully saturated rings. The van der Waals surface area contributed by atoms with Crippen molar-refractivity contribution in [2.24, 2.45) is 0 Å². The van der Waals surface area contributed by atoms with Crippen molar-refractivity contribution in [2.75, 3.05) is 86.7 Å². The number of hydrogen-bond donors (Lipinski definition) is 3. The minimum absolute atomic E-state index is 0.00251. The lowest BCUT2D eigenvalue weighted by Gasteiger charge is -2.27. The Hall–Kier alpha value is -3.43. The van der Waals surface area contributed by atoms with Crippen molar-refractivity contribution >= 4 is 30.3 Å². The lowest BCUT2D eigenvalue weighted by atomic mass is 10.0. The Morgan fingerprint density at radius 1 is 0.951 bits per heavy atom. The van der Waals surface area contributed by atoms with E-state index in [1.54, 1.807) is 0 Å². The highest BCUT2D eigenvalue weighted by atomic mass is 16.6. The molecule has 1 aromatic carbocycles. The number of likely N-dealkylation sites (N-methyl/N-ethyl adjacent to an activating group) is 2. The first-order chi connectivity index (χ1) is 19.9. The molecule has 14 heteroatoms. The van der Waals surface area contributed by atoms with Crippen LogP contribution in [0.15, 0.2) is 18.2 Å². The lowest BCUT2D eigenvalue weighted by Crippen LogP contribution is -2.47. The molecule has 3 N–H and O–H groups in total. The number of nitrogens with one attached hydrogen (secondary N) is 2. The summed E-state index contributed by atoms with van der Waals surface area (Å²) >= 11 is 0. The SMILES string of the molecule is CNC(=O)C(CCC=O)N(C)C(=O)c1c(C=O)cccc1OCC(=O)NCCOCCOCCOCCOCCO. The predicted molar refractivity (Wildman–Crippen MR) is 146 cm³/mol. The van der Waals surface area contributed by atoms with E-state index in [1.807, 2.05) is 0 Å². The van der Waals surface area contributed by atoms with Crippen molar-refractivity contribution in [2.45, 2.75) is 18.9 Å². The Bertz CT molecular complexity index is 945. The summed E-state index contributed by atoms with van der Waals surface area (Å²) in [5.74, 6) is -1.60. The van der Waals surface area contributed by atoms with Crippen LogP contribution in [-0.2, 0) is 33.3 Å². The zero-order chi connectivity index (χ0) is 30.3. The molecule has 1 atom stereocenters. The summed E-state index contributed by atoms with van der Waals surface area (Å²) in [5.41, 5.74) is -0.0679. The van der Waals surface area contributed by atoms with Gasteiger partial charge >= 0.3 is 0 Å². The monoisotopic (exact) mass is 583 g/mol. The fraction of sp³-hybridized carbons (Fsp3) is 0.593. The molecule has 1 rings (SSSR count). The molecule has 0 aliphatic rings. The van der Waals surface area contributed by atoms with Gasteiger partial charge in [0.1, 0.15) is 18.1 Å². The maximum Gasteiger partial charge on any atom is 0.258 e. The maximum absolute atomic E-state index is 13.3. The summed E-state index contributed by atoms with van der Waals surface area (Å²) in [5, 5.41) is 13.7. The van der Waals surface area contributed by atoms with Gasteiger partial charge in [-0.3, -0.25) is 19.2 Å². The fourth-order valence-corrected chi connectivity index (χ4v) is 3.49. The molecule has 0 radical (unpaired) electrons. The van der Waals surface area contributed by atoms with Crippen molar-refractivity contribution in [3.63, 3.8) is 0 Å². The van der Waals surface area contributed by atoms with Crippen LogP contribution < -0.4 is 15.4 Å². The molecule has 0 saturated carbocycles. The number of hydrogen-bond acceptors (Lipinski definition) is 11. The zero-order valence-corrected chi connectivity index (χ0v) is 23.6. The van der Waals surface area contributed by atoms with Crippen molar-refractivity contribution in [1.29, 1.82) is 0 Å². The molecular weight excluding hydrogens is 542 g/mol. The van der Waals surface area contributed by atoms with Gasteiger partial charge in [-0.1, -0.05) is 12.1 Å². The molecule has 0 bridgehead atoms. The molecular formula is C27H41N3O11. The Balaban J connectivity index is 2.46. The van der Waals surface area contributed by atoms with Crippen LogP contribution in [0.25, 0.3) is 0 Å². The lowest BCUT2D eigenvalue weighted by molar-refractivity contribution is -0.125. The number of nitrogens with zero attached hydrogens (tertiary/aromatic N) is 1. The van der Waals surface area contributed by atoms with E-state index < -0.39 is 30.4 Å². The Kier molecular flexibility index (Phi) is 19.3. The van der Waals surface area contributed by atoms with E-state index in [2.05, 4.69) is 10.6 Å². The summed E-state index contributed by atoms with van der Waals surface area (Å²) < 4.78 is 26.7. The highest BCUT2D eigenvalue weighted by Crippen LogP contribution is 2.24. The van der Waals surface area contributed by atoms with Crippen molar-refractivity contribution in [3.05, 3.63) is 29.3 Å². The zero-order valence-electron chi connectivity index (χ0n) is 23.6. The molecule has 3 amide bonds. The van der Waals surface area contributed by atoms with Gasteiger partial charge in [0, 0.05) is 32.6 Å².